The lowest BCUT2D eigenvalue weighted by molar-refractivity contribution is -0.136. The first kappa shape index (κ1) is 19.2. The van der Waals surface area contributed by atoms with Gasteiger partial charge in [0, 0.05) is 42.7 Å². The number of halogens is 1. The number of amides is 1. The summed E-state index contributed by atoms with van der Waals surface area (Å²) in [6.07, 6.45) is 4.42. The van der Waals surface area contributed by atoms with E-state index in [-0.39, 0.29) is 17.6 Å². The number of hydrogen-bond donors (Lipinski definition) is 0. The van der Waals surface area contributed by atoms with E-state index in [9.17, 15) is 9.18 Å². The smallest absolute Gasteiger partial charge is 0.227 e. The molecular weight excluding hydrogens is 399 g/mol. The second-order valence-electron chi connectivity index (χ2n) is 7.85. The molecule has 0 bridgehead atoms. The molecule has 0 N–H and O–H groups in total. The summed E-state index contributed by atoms with van der Waals surface area (Å²) < 4.78 is 14.2. The lowest BCUT2D eigenvalue weighted by Crippen LogP contribution is -2.46. The minimum atomic E-state index is -0.256. The number of fused-ring (bicyclic) bond motifs is 1. The molecule has 7 heteroatoms. The van der Waals surface area contributed by atoms with Crippen molar-refractivity contribution < 1.29 is 9.18 Å². The Morgan fingerprint density at radius 3 is 2.83 bits per heavy atom. The monoisotopic (exact) mass is 422 g/mol. The minimum absolute atomic E-state index is 0.0127. The van der Waals surface area contributed by atoms with Crippen LogP contribution in [0.1, 0.15) is 23.4 Å². The number of benzene rings is 1. The summed E-state index contributed by atoms with van der Waals surface area (Å²) >= 11 is 1.50. The lowest BCUT2D eigenvalue weighted by atomic mass is 9.95. The van der Waals surface area contributed by atoms with E-state index in [1.807, 2.05) is 29.2 Å². The van der Waals surface area contributed by atoms with Gasteiger partial charge in [-0.15, -0.1) is 11.3 Å². The van der Waals surface area contributed by atoms with Gasteiger partial charge in [-0.3, -0.25) is 4.79 Å². The molecule has 5 nitrogen and oxygen atoms in total. The molecule has 3 aromatic rings. The zero-order chi connectivity index (χ0) is 20.5. The Morgan fingerprint density at radius 1 is 1.13 bits per heavy atom. The normalized spacial score (nSPS) is 18.9. The van der Waals surface area contributed by atoms with Crippen LogP contribution in [0.5, 0.6) is 0 Å². The lowest BCUT2D eigenvalue weighted by Gasteiger charge is -2.36. The molecule has 30 heavy (non-hydrogen) atoms. The van der Waals surface area contributed by atoms with Crippen molar-refractivity contribution in [1.82, 2.24) is 14.9 Å². The van der Waals surface area contributed by atoms with Gasteiger partial charge in [-0.25, -0.2) is 14.4 Å². The van der Waals surface area contributed by atoms with Crippen molar-refractivity contribution in [2.75, 3.05) is 24.5 Å². The maximum absolute atomic E-state index is 14.2. The van der Waals surface area contributed by atoms with Crippen molar-refractivity contribution in [1.29, 1.82) is 0 Å². The molecule has 1 fully saturated rings. The highest BCUT2D eigenvalue weighted by Gasteiger charge is 2.32. The molecule has 2 aliphatic rings. The molecule has 1 aromatic carbocycles. The van der Waals surface area contributed by atoms with Crippen LogP contribution < -0.4 is 4.90 Å². The summed E-state index contributed by atoms with van der Waals surface area (Å²) in [5.74, 6) is 0.879. The van der Waals surface area contributed by atoms with Gasteiger partial charge in [-0.1, -0.05) is 18.2 Å². The number of nitrogens with zero attached hydrogens (tertiary/aromatic N) is 4. The minimum Gasteiger partial charge on any atom is -0.356 e. The summed E-state index contributed by atoms with van der Waals surface area (Å²) in [5, 5.41) is 0.700. The standard InChI is InChI=1S/C23H23FN4OS/c24-18-8-2-1-7-17(18)22-26-19-10-13-28(15-20(19)30-22)23(29)16-6-5-12-27(14-16)21-9-3-4-11-25-21/h1-4,7-9,11,16H,5-6,10,12-15H2/t16-/m0/s1. The quantitative estimate of drug-likeness (QED) is 0.636. The Hall–Kier alpha value is -2.80. The Kier molecular flexibility index (Phi) is 5.21. The number of aromatic nitrogens is 2. The summed E-state index contributed by atoms with van der Waals surface area (Å²) in [6, 6.07) is 12.6. The molecule has 0 unspecified atom stereocenters. The van der Waals surface area contributed by atoms with Crippen LogP contribution in [0, 0.1) is 11.7 Å². The number of carbonyl (C=O) groups excluding carboxylic acids is 1. The molecule has 1 saturated heterocycles. The van der Waals surface area contributed by atoms with Crippen LogP contribution >= 0.6 is 11.3 Å². The van der Waals surface area contributed by atoms with Crippen LogP contribution in [0.2, 0.25) is 0 Å². The third-order valence-electron chi connectivity index (χ3n) is 5.89. The molecule has 1 amide bonds. The largest absolute Gasteiger partial charge is 0.356 e. The third kappa shape index (κ3) is 3.69. The van der Waals surface area contributed by atoms with E-state index in [0.717, 1.165) is 42.2 Å². The summed E-state index contributed by atoms with van der Waals surface area (Å²) in [5.41, 5.74) is 1.54. The molecule has 5 rings (SSSR count). The summed E-state index contributed by atoms with van der Waals surface area (Å²) in [6.45, 7) is 2.89. The number of carbonyl (C=O) groups is 1. The van der Waals surface area contributed by atoms with Crippen molar-refractivity contribution in [3.05, 3.63) is 65.0 Å². The second-order valence-corrected chi connectivity index (χ2v) is 8.94. The first-order valence-corrected chi connectivity index (χ1v) is 11.2. The highest BCUT2D eigenvalue weighted by Crippen LogP contribution is 2.34. The van der Waals surface area contributed by atoms with Gasteiger partial charge >= 0.3 is 0 Å². The van der Waals surface area contributed by atoms with E-state index < -0.39 is 0 Å². The van der Waals surface area contributed by atoms with Gasteiger partial charge in [0.25, 0.3) is 0 Å². The predicted molar refractivity (Wildman–Crippen MR) is 116 cm³/mol. The molecule has 2 aliphatic heterocycles. The maximum atomic E-state index is 14.2. The van der Waals surface area contributed by atoms with Crippen molar-refractivity contribution in [2.24, 2.45) is 5.92 Å². The fraction of sp³-hybridized carbons (Fsp3) is 0.348. The van der Waals surface area contributed by atoms with Gasteiger partial charge in [0.1, 0.15) is 16.6 Å². The molecule has 4 heterocycles. The molecule has 1 atom stereocenters. The van der Waals surface area contributed by atoms with Crippen LogP contribution in [0.25, 0.3) is 10.6 Å². The van der Waals surface area contributed by atoms with Crippen LogP contribution in [-0.2, 0) is 17.8 Å². The molecule has 0 radical (unpaired) electrons. The zero-order valence-corrected chi connectivity index (χ0v) is 17.4. The molecule has 0 aliphatic carbocycles. The molecule has 0 saturated carbocycles. The fourth-order valence-corrected chi connectivity index (χ4v) is 5.47. The summed E-state index contributed by atoms with van der Waals surface area (Å²) in [4.78, 5) is 27.6. The average Bonchev–Trinajstić information content (AvgIpc) is 3.22. The highest BCUT2D eigenvalue weighted by atomic mass is 32.1. The van der Waals surface area contributed by atoms with Crippen molar-refractivity contribution in [3.63, 3.8) is 0 Å². The highest BCUT2D eigenvalue weighted by molar-refractivity contribution is 7.15. The number of hydrogen-bond acceptors (Lipinski definition) is 5. The van der Waals surface area contributed by atoms with Crippen LogP contribution in [0.4, 0.5) is 10.2 Å². The Labute approximate surface area is 179 Å². The first-order valence-electron chi connectivity index (χ1n) is 10.4. The van der Waals surface area contributed by atoms with Crippen molar-refractivity contribution in [3.8, 4) is 10.6 Å². The first-order chi connectivity index (χ1) is 14.7. The zero-order valence-electron chi connectivity index (χ0n) is 16.6. The maximum Gasteiger partial charge on any atom is 0.227 e. The van der Waals surface area contributed by atoms with E-state index in [2.05, 4.69) is 14.9 Å². The Bertz CT molecular complexity index is 1050. The van der Waals surface area contributed by atoms with Crippen LogP contribution in [0.3, 0.4) is 0 Å². The van der Waals surface area contributed by atoms with Crippen molar-refractivity contribution in [2.45, 2.75) is 25.8 Å². The van der Waals surface area contributed by atoms with E-state index in [0.29, 0.717) is 30.2 Å². The van der Waals surface area contributed by atoms with E-state index in [4.69, 9.17) is 0 Å². The molecular formula is C23H23FN4OS. The Morgan fingerprint density at radius 2 is 2.00 bits per heavy atom. The molecule has 2 aromatic heterocycles. The number of anilines is 1. The molecule has 0 spiro atoms. The fourth-order valence-electron chi connectivity index (χ4n) is 4.32. The van der Waals surface area contributed by atoms with Gasteiger partial charge in [-0.2, -0.15) is 0 Å². The number of piperidine rings is 1. The van der Waals surface area contributed by atoms with E-state index in [1.165, 1.54) is 17.4 Å². The second kappa shape index (κ2) is 8.14. The van der Waals surface area contributed by atoms with Gasteiger partial charge in [0.05, 0.1) is 18.2 Å². The number of pyridine rings is 1. The van der Waals surface area contributed by atoms with Gasteiger partial charge in [0.2, 0.25) is 5.91 Å². The van der Waals surface area contributed by atoms with Crippen molar-refractivity contribution >= 4 is 23.1 Å². The summed E-state index contributed by atoms with van der Waals surface area (Å²) in [7, 11) is 0. The third-order valence-corrected chi connectivity index (χ3v) is 7.01. The SMILES string of the molecule is O=C([C@H]1CCCN(c2ccccn2)C1)N1CCc2nc(-c3ccccc3F)sc2C1. The van der Waals surface area contributed by atoms with Gasteiger partial charge < -0.3 is 9.80 Å². The van der Waals surface area contributed by atoms with Gasteiger partial charge in [-0.05, 0) is 37.1 Å². The topological polar surface area (TPSA) is 49.3 Å². The van der Waals surface area contributed by atoms with Gasteiger partial charge in [0.15, 0.2) is 0 Å². The number of rotatable bonds is 3. The Balaban J connectivity index is 1.30. The predicted octanol–water partition coefficient (Wildman–Crippen LogP) is 4.15. The molecule has 154 valence electrons. The van der Waals surface area contributed by atoms with Crippen LogP contribution in [-0.4, -0.2) is 40.4 Å². The average molecular weight is 423 g/mol. The van der Waals surface area contributed by atoms with Crippen LogP contribution in [0.15, 0.2) is 48.7 Å². The van der Waals surface area contributed by atoms with E-state index in [1.54, 1.807) is 18.3 Å². The van der Waals surface area contributed by atoms with E-state index >= 15 is 0 Å². The number of thiazole rings is 1.